The van der Waals surface area contributed by atoms with Crippen LogP contribution in [0.25, 0.3) is 0 Å². The van der Waals surface area contributed by atoms with Crippen LogP contribution in [0.5, 0.6) is 5.75 Å². The minimum absolute atomic E-state index is 0.0670. The largest absolute Gasteiger partial charge is 0.426 e. The Labute approximate surface area is 213 Å². The number of ketones is 3. The summed E-state index contributed by atoms with van der Waals surface area (Å²) in [4.78, 5) is 53.1. The van der Waals surface area contributed by atoms with Crippen molar-refractivity contribution >= 4 is 23.3 Å². The molecule has 2 aromatic carbocycles. The smallest absolute Gasteiger partial charge is 0.311 e. The van der Waals surface area contributed by atoms with E-state index in [1.165, 1.54) is 0 Å². The Bertz CT molecular complexity index is 1090. The van der Waals surface area contributed by atoms with Gasteiger partial charge in [-0.3, -0.25) is 24.5 Å². The van der Waals surface area contributed by atoms with E-state index in [0.29, 0.717) is 30.4 Å². The number of nitrogens with one attached hydrogen (secondary N) is 1. The van der Waals surface area contributed by atoms with E-state index in [4.69, 9.17) is 4.74 Å². The summed E-state index contributed by atoms with van der Waals surface area (Å²) in [5, 5.41) is 3.05. The van der Waals surface area contributed by atoms with E-state index < -0.39 is 23.1 Å². The topological polar surface area (TPSA) is 89.5 Å². The first-order chi connectivity index (χ1) is 17.4. The second-order valence-corrected chi connectivity index (χ2v) is 9.42. The number of unbranched alkanes of at least 4 members (excludes halogenated alkanes) is 4. The zero-order valence-corrected chi connectivity index (χ0v) is 21.7. The van der Waals surface area contributed by atoms with Crippen molar-refractivity contribution in [1.82, 2.24) is 5.32 Å². The SMILES string of the molecule is CCCCCC(=O)CNC1(c2ccc(CC)cc2OC(=O)CCCCC)C(=O)c2ccccc2C1=O. The third-order valence-corrected chi connectivity index (χ3v) is 6.77. The number of carbonyl (C=O) groups is 4. The normalized spacial score (nSPS) is 14.1. The molecule has 0 aromatic heterocycles. The fourth-order valence-electron chi connectivity index (χ4n) is 4.65. The number of hydrogen-bond donors (Lipinski definition) is 1. The van der Waals surface area contributed by atoms with E-state index >= 15 is 0 Å². The van der Waals surface area contributed by atoms with E-state index in [2.05, 4.69) is 19.2 Å². The van der Waals surface area contributed by atoms with Crippen LogP contribution in [0.15, 0.2) is 42.5 Å². The second-order valence-electron chi connectivity index (χ2n) is 9.42. The molecular formula is C30H37NO5. The van der Waals surface area contributed by atoms with Crippen LogP contribution < -0.4 is 10.1 Å². The van der Waals surface area contributed by atoms with Crippen LogP contribution in [-0.4, -0.2) is 29.9 Å². The van der Waals surface area contributed by atoms with Crippen LogP contribution in [0.1, 0.15) is 104 Å². The van der Waals surface area contributed by atoms with Crippen molar-refractivity contribution in [2.45, 2.75) is 84.1 Å². The summed E-state index contributed by atoms with van der Waals surface area (Å²) in [5.74, 6) is -1.15. The molecule has 0 aliphatic heterocycles. The Morgan fingerprint density at radius 3 is 2.03 bits per heavy atom. The Kier molecular flexibility index (Phi) is 9.71. The number of hydrogen-bond acceptors (Lipinski definition) is 6. The number of carbonyl (C=O) groups excluding carboxylic acids is 4. The Hall–Kier alpha value is -3.12. The van der Waals surface area contributed by atoms with Crippen molar-refractivity contribution in [3.05, 3.63) is 64.7 Å². The van der Waals surface area contributed by atoms with Crippen molar-refractivity contribution in [3.8, 4) is 5.75 Å². The molecular weight excluding hydrogens is 454 g/mol. The summed E-state index contributed by atoms with van der Waals surface area (Å²) in [6.45, 7) is 5.97. The number of benzene rings is 2. The predicted molar refractivity (Wildman–Crippen MR) is 140 cm³/mol. The highest BCUT2D eigenvalue weighted by Crippen LogP contribution is 2.42. The van der Waals surface area contributed by atoms with Gasteiger partial charge in [-0.1, -0.05) is 82.9 Å². The third-order valence-electron chi connectivity index (χ3n) is 6.77. The van der Waals surface area contributed by atoms with Gasteiger partial charge in [0, 0.05) is 29.5 Å². The molecule has 3 rings (SSSR count). The van der Waals surface area contributed by atoms with Gasteiger partial charge in [-0.05, 0) is 30.9 Å². The molecule has 1 aliphatic carbocycles. The maximum atomic E-state index is 13.9. The van der Waals surface area contributed by atoms with Crippen molar-refractivity contribution in [1.29, 1.82) is 0 Å². The average Bonchev–Trinajstić information content (AvgIpc) is 3.10. The molecule has 0 amide bonds. The predicted octanol–water partition coefficient (Wildman–Crippen LogP) is 5.75. The summed E-state index contributed by atoms with van der Waals surface area (Å²) in [6.07, 6.45) is 6.61. The van der Waals surface area contributed by atoms with Crippen molar-refractivity contribution < 1.29 is 23.9 Å². The summed E-state index contributed by atoms with van der Waals surface area (Å²) < 4.78 is 5.79. The van der Waals surface area contributed by atoms with Gasteiger partial charge >= 0.3 is 5.97 Å². The zero-order chi connectivity index (χ0) is 26.1. The zero-order valence-electron chi connectivity index (χ0n) is 21.7. The Balaban J connectivity index is 2.04. The molecule has 0 spiro atoms. The lowest BCUT2D eigenvalue weighted by atomic mass is 9.83. The molecule has 0 atom stereocenters. The molecule has 0 radical (unpaired) electrons. The van der Waals surface area contributed by atoms with Gasteiger partial charge in [-0.15, -0.1) is 0 Å². The van der Waals surface area contributed by atoms with Crippen LogP contribution in [0.2, 0.25) is 0 Å². The molecule has 0 unspecified atom stereocenters. The van der Waals surface area contributed by atoms with Gasteiger partial charge in [0.1, 0.15) is 11.5 Å². The first-order valence-electron chi connectivity index (χ1n) is 13.2. The first-order valence-corrected chi connectivity index (χ1v) is 13.2. The summed E-state index contributed by atoms with van der Waals surface area (Å²) in [5.41, 5.74) is -0.0380. The first kappa shape index (κ1) is 27.5. The molecule has 0 heterocycles. The summed E-state index contributed by atoms with van der Waals surface area (Å²) in [6, 6.07) is 11.9. The number of ether oxygens (including phenoxy) is 1. The van der Waals surface area contributed by atoms with Gasteiger partial charge in [0.15, 0.2) is 17.1 Å². The highest BCUT2D eigenvalue weighted by atomic mass is 16.5. The van der Waals surface area contributed by atoms with Gasteiger partial charge in [0.2, 0.25) is 0 Å². The Morgan fingerprint density at radius 2 is 1.44 bits per heavy atom. The van der Waals surface area contributed by atoms with Gasteiger partial charge in [-0.2, -0.15) is 0 Å². The van der Waals surface area contributed by atoms with E-state index in [1.807, 2.05) is 13.0 Å². The molecule has 0 saturated carbocycles. The summed E-state index contributed by atoms with van der Waals surface area (Å²) >= 11 is 0. The lowest BCUT2D eigenvalue weighted by molar-refractivity contribution is -0.134. The molecule has 2 aromatic rings. The molecule has 1 N–H and O–H groups in total. The van der Waals surface area contributed by atoms with E-state index in [9.17, 15) is 19.2 Å². The van der Waals surface area contributed by atoms with Crippen LogP contribution >= 0.6 is 0 Å². The fraction of sp³-hybridized carbons (Fsp3) is 0.467. The number of rotatable bonds is 14. The molecule has 0 bridgehead atoms. The Morgan fingerprint density at radius 1 is 0.833 bits per heavy atom. The molecule has 6 nitrogen and oxygen atoms in total. The molecule has 0 saturated heterocycles. The maximum Gasteiger partial charge on any atom is 0.311 e. The van der Waals surface area contributed by atoms with Crippen LogP contribution in [0.4, 0.5) is 0 Å². The standard InChI is InChI=1S/C30H37NO5/c1-4-7-9-13-22(32)20-31-30(28(34)23-14-11-12-15-24(23)29(30)35)25-18-17-21(6-3)19-26(25)36-27(33)16-10-8-5-2/h11-12,14-15,17-19,31H,4-10,13,16,20H2,1-3H3. The minimum Gasteiger partial charge on any atom is -0.426 e. The van der Waals surface area contributed by atoms with Gasteiger partial charge in [0.05, 0.1) is 6.54 Å². The van der Waals surface area contributed by atoms with Gasteiger partial charge < -0.3 is 4.74 Å². The average molecular weight is 492 g/mol. The lowest BCUT2D eigenvalue weighted by Gasteiger charge is -2.29. The molecule has 6 heteroatoms. The molecule has 192 valence electrons. The maximum absolute atomic E-state index is 13.9. The van der Waals surface area contributed by atoms with Gasteiger partial charge in [-0.25, -0.2) is 0 Å². The highest BCUT2D eigenvalue weighted by molar-refractivity contribution is 6.33. The van der Waals surface area contributed by atoms with E-state index in [0.717, 1.165) is 37.7 Å². The number of fused-ring (bicyclic) bond motifs is 1. The van der Waals surface area contributed by atoms with Crippen LogP contribution in [-0.2, 0) is 21.5 Å². The van der Waals surface area contributed by atoms with Crippen molar-refractivity contribution in [2.24, 2.45) is 0 Å². The van der Waals surface area contributed by atoms with Crippen LogP contribution in [0.3, 0.4) is 0 Å². The van der Waals surface area contributed by atoms with Crippen LogP contribution in [0, 0.1) is 0 Å². The molecule has 1 aliphatic rings. The third kappa shape index (κ3) is 5.81. The fourth-order valence-corrected chi connectivity index (χ4v) is 4.65. The van der Waals surface area contributed by atoms with E-state index in [-0.39, 0.29) is 30.1 Å². The van der Waals surface area contributed by atoms with E-state index in [1.54, 1.807) is 36.4 Å². The van der Waals surface area contributed by atoms with Gasteiger partial charge in [0.25, 0.3) is 0 Å². The summed E-state index contributed by atoms with van der Waals surface area (Å²) in [7, 11) is 0. The number of aryl methyl sites for hydroxylation is 1. The second kappa shape index (κ2) is 12.7. The number of Topliss-reactive ketones (excluding diaryl/α,β-unsaturated/α-hetero) is 3. The monoisotopic (exact) mass is 491 g/mol. The quantitative estimate of drug-likeness (QED) is 0.157. The van der Waals surface area contributed by atoms with Crippen molar-refractivity contribution in [3.63, 3.8) is 0 Å². The number of esters is 1. The minimum atomic E-state index is -1.82. The molecule has 36 heavy (non-hydrogen) atoms. The highest BCUT2D eigenvalue weighted by Gasteiger charge is 2.55. The van der Waals surface area contributed by atoms with Crippen molar-refractivity contribution in [2.75, 3.05) is 6.54 Å². The lowest BCUT2D eigenvalue weighted by Crippen LogP contribution is -2.53. The molecule has 0 fully saturated rings.